The lowest BCUT2D eigenvalue weighted by Gasteiger charge is -2.11. The zero-order valence-electron chi connectivity index (χ0n) is 13.8. The van der Waals surface area contributed by atoms with Crippen molar-refractivity contribution < 1.29 is 14.3 Å². The second-order valence-corrected chi connectivity index (χ2v) is 7.21. The number of aryl methyl sites for hydroxylation is 1. The fourth-order valence-electron chi connectivity index (χ4n) is 2.60. The van der Waals surface area contributed by atoms with Gasteiger partial charge in [-0.3, -0.25) is 4.79 Å². The SMILES string of the molecule is Cc1ccc2nc(S[C@H](C)C(=O)Nc3ccc4c(c3)OCO4)[nH]c2c1. The Balaban J connectivity index is 1.44. The summed E-state index contributed by atoms with van der Waals surface area (Å²) in [6.07, 6.45) is 0. The smallest absolute Gasteiger partial charge is 0.237 e. The summed E-state index contributed by atoms with van der Waals surface area (Å²) in [6.45, 7) is 4.10. The number of H-pyrrole nitrogens is 1. The standard InChI is InChI=1S/C18H17N3O3S/c1-10-3-5-13-14(7-10)21-18(20-13)25-11(2)17(22)19-12-4-6-15-16(8-12)24-9-23-15/h3-8,11H,9H2,1-2H3,(H,19,22)(H,20,21)/t11-/m1/s1. The van der Waals surface area contributed by atoms with Gasteiger partial charge in [0.15, 0.2) is 16.7 Å². The summed E-state index contributed by atoms with van der Waals surface area (Å²) >= 11 is 1.39. The molecule has 1 aliphatic heterocycles. The molecule has 0 aliphatic carbocycles. The first-order valence-electron chi connectivity index (χ1n) is 7.92. The number of nitrogens with one attached hydrogen (secondary N) is 2. The zero-order valence-corrected chi connectivity index (χ0v) is 14.6. The van der Waals surface area contributed by atoms with Crippen molar-refractivity contribution in [3.8, 4) is 11.5 Å². The van der Waals surface area contributed by atoms with Gasteiger partial charge in [-0.1, -0.05) is 17.8 Å². The number of hydrogen-bond donors (Lipinski definition) is 2. The predicted molar refractivity (Wildman–Crippen MR) is 97.3 cm³/mol. The molecular weight excluding hydrogens is 338 g/mol. The molecule has 1 amide bonds. The first-order chi connectivity index (χ1) is 12.1. The Morgan fingerprint density at radius 3 is 2.96 bits per heavy atom. The number of aromatic amines is 1. The molecule has 4 rings (SSSR count). The Bertz CT molecular complexity index is 954. The molecular formula is C18H17N3O3S. The lowest BCUT2D eigenvalue weighted by atomic mass is 10.2. The highest BCUT2D eigenvalue weighted by atomic mass is 32.2. The van der Waals surface area contributed by atoms with E-state index in [1.807, 2.05) is 32.0 Å². The zero-order chi connectivity index (χ0) is 17.4. The number of ether oxygens (including phenoxy) is 2. The summed E-state index contributed by atoms with van der Waals surface area (Å²) in [5.41, 5.74) is 3.73. The summed E-state index contributed by atoms with van der Waals surface area (Å²) in [7, 11) is 0. The van der Waals surface area contributed by atoms with Crippen LogP contribution in [0.1, 0.15) is 12.5 Å². The summed E-state index contributed by atoms with van der Waals surface area (Å²) in [5, 5.41) is 3.33. The number of carbonyl (C=O) groups excluding carboxylic acids is 1. The maximum absolute atomic E-state index is 12.4. The van der Waals surface area contributed by atoms with Crippen molar-refractivity contribution in [1.82, 2.24) is 9.97 Å². The number of anilines is 1. The van der Waals surface area contributed by atoms with E-state index in [-0.39, 0.29) is 18.0 Å². The predicted octanol–water partition coefficient (Wildman–Crippen LogP) is 3.72. The van der Waals surface area contributed by atoms with Crippen molar-refractivity contribution >= 4 is 34.4 Å². The molecule has 0 fully saturated rings. The van der Waals surface area contributed by atoms with Gasteiger partial charge in [-0.25, -0.2) is 4.98 Å². The number of benzene rings is 2. The fraction of sp³-hybridized carbons (Fsp3) is 0.222. The first kappa shape index (κ1) is 15.8. The number of amides is 1. The third-order valence-electron chi connectivity index (χ3n) is 3.91. The molecule has 0 saturated carbocycles. The Morgan fingerprint density at radius 2 is 2.08 bits per heavy atom. The van der Waals surface area contributed by atoms with Crippen LogP contribution in [-0.4, -0.2) is 27.9 Å². The summed E-state index contributed by atoms with van der Waals surface area (Å²) in [4.78, 5) is 20.2. The molecule has 0 bridgehead atoms. The second-order valence-electron chi connectivity index (χ2n) is 5.88. The summed E-state index contributed by atoms with van der Waals surface area (Å²) < 4.78 is 10.6. The third kappa shape index (κ3) is 3.28. The Labute approximate surface area is 148 Å². The fourth-order valence-corrected chi connectivity index (χ4v) is 3.42. The molecule has 0 radical (unpaired) electrons. The normalized spacial score (nSPS) is 13.8. The van der Waals surface area contributed by atoms with E-state index in [1.54, 1.807) is 18.2 Å². The molecule has 2 heterocycles. The van der Waals surface area contributed by atoms with Gasteiger partial charge in [0, 0.05) is 11.8 Å². The number of thioether (sulfide) groups is 1. The van der Waals surface area contributed by atoms with Crippen LogP contribution in [0.3, 0.4) is 0 Å². The molecule has 2 N–H and O–H groups in total. The Morgan fingerprint density at radius 1 is 1.24 bits per heavy atom. The topological polar surface area (TPSA) is 76.2 Å². The van der Waals surface area contributed by atoms with E-state index in [4.69, 9.17) is 9.47 Å². The monoisotopic (exact) mass is 355 g/mol. The van der Waals surface area contributed by atoms with E-state index in [0.29, 0.717) is 17.2 Å². The molecule has 0 saturated heterocycles. The highest BCUT2D eigenvalue weighted by Crippen LogP contribution is 2.34. The van der Waals surface area contributed by atoms with Crippen LogP contribution in [0, 0.1) is 6.92 Å². The van der Waals surface area contributed by atoms with Gasteiger partial charge >= 0.3 is 0 Å². The largest absolute Gasteiger partial charge is 0.454 e. The maximum Gasteiger partial charge on any atom is 0.237 e. The van der Waals surface area contributed by atoms with E-state index >= 15 is 0 Å². The van der Waals surface area contributed by atoms with E-state index in [9.17, 15) is 4.79 Å². The molecule has 2 aromatic carbocycles. The van der Waals surface area contributed by atoms with Gasteiger partial charge in [0.2, 0.25) is 12.7 Å². The minimum Gasteiger partial charge on any atom is -0.454 e. The molecule has 0 unspecified atom stereocenters. The highest BCUT2D eigenvalue weighted by Gasteiger charge is 2.19. The van der Waals surface area contributed by atoms with Crippen molar-refractivity contribution in [3.63, 3.8) is 0 Å². The molecule has 7 heteroatoms. The minimum atomic E-state index is -0.299. The number of imidazole rings is 1. The molecule has 128 valence electrons. The van der Waals surface area contributed by atoms with E-state index in [1.165, 1.54) is 17.3 Å². The van der Waals surface area contributed by atoms with Crippen molar-refractivity contribution in [2.24, 2.45) is 0 Å². The highest BCUT2D eigenvalue weighted by molar-refractivity contribution is 8.00. The average Bonchev–Trinajstić information content (AvgIpc) is 3.19. The lowest BCUT2D eigenvalue weighted by Crippen LogP contribution is -2.22. The van der Waals surface area contributed by atoms with Crippen molar-refractivity contribution in [1.29, 1.82) is 0 Å². The Hall–Kier alpha value is -2.67. The molecule has 0 spiro atoms. The second kappa shape index (κ2) is 6.33. The number of carbonyl (C=O) groups is 1. The molecule has 25 heavy (non-hydrogen) atoms. The molecule has 6 nitrogen and oxygen atoms in total. The Kier molecular flexibility index (Phi) is 4.01. The van der Waals surface area contributed by atoms with Crippen molar-refractivity contribution in [2.75, 3.05) is 12.1 Å². The van der Waals surface area contributed by atoms with Crippen molar-refractivity contribution in [2.45, 2.75) is 24.3 Å². The quantitative estimate of drug-likeness (QED) is 0.698. The molecule has 1 aliphatic rings. The maximum atomic E-state index is 12.4. The minimum absolute atomic E-state index is 0.0968. The third-order valence-corrected chi connectivity index (χ3v) is 4.90. The number of fused-ring (bicyclic) bond motifs is 2. The molecule has 1 aromatic heterocycles. The molecule has 1 atom stereocenters. The average molecular weight is 355 g/mol. The van der Waals surface area contributed by atoms with Gasteiger partial charge in [-0.05, 0) is 43.7 Å². The van der Waals surface area contributed by atoms with E-state index < -0.39 is 0 Å². The van der Waals surface area contributed by atoms with Crippen LogP contribution >= 0.6 is 11.8 Å². The van der Waals surface area contributed by atoms with Gasteiger partial charge in [0.1, 0.15) is 0 Å². The van der Waals surface area contributed by atoms with Gasteiger partial charge in [-0.2, -0.15) is 0 Å². The first-order valence-corrected chi connectivity index (χ1v) is 8.80. The summed E-state index contributed by atoms with van der Waals surface area (Å²) in [5.74, 6) is 1.24. The number of rotatable bonds is 4. The van der Waals surface area contributed by atoms with Crippen molar-refractivity contribution in [3.05, 3.63) is 42.0 Å². The number of nitrogens with zero attached hydrogens (tertiary/aromatic N) is 1. The van der Waals surface area contributed by atoms with Crippen LogP contribution in [0.25, 0.3) is 11.0 Å². The van der Waals surface area contributed by atoms with Crippen LogP contribution in [0.2, 0.25) is 0 Å². The van der Waals surface area contributed by atoms with Crippen LogP contribution in [0.5, 0.6) is 11.5 Å². The summed E-state index contributed by atoms with van der Waals surface area (Å²) in [6, 6.07) is 11.4. The number of aromatic nitrogens is 2. The van der Waals surface area contributed by atoms with Crippen LogP contribution in [-0.2, 0) is 4.79 Å². The van der Waals surface area contributed by atoms with Gasteiger partial charge in [0.05, 0.1) is 16.3 Å². The van der Waals surface area contributed by atoms with E-state index in [2.05, 4.69) is 15.3 Å². The van der Waals surface area contributed by atoms with Gasteiger partial charge in [0.25, 0.3) is 0 Å². The number of hydrogen-bond acceptors (Lipinski definition) is 5. The van der Waals surface area contributed by atoms with Crippen LogP contribution in [0.15, 0.2) is 41.6 Å². The molecule has 3 aromatic rings. The van der Waals surface area contributed by atoms with Gasteiger partial charge < -0.3 is 19.8 Å². The van der Waals surface area contributed by atoms with Crippen LogP contribution in [0.4, 0.5) is 5.69 Å². The van der Waals surface area contributed by atoms with Gasteiger partial charge in [-0.15, -0.1) is 0 Å². The van der Waals surface area contributed by atoms with Crippen LogP contribution < -0.4 is 14.8 Å². The van der Waals surface area contributed by atoms with E-state index in [0.717, 1.165) is 16.2 Å². The lowest BCUT2D eigenvalue weighted by molar-refractivity contribution is -0.115.